The van der Waals surface area contributed by atoms with Gasteiger partial charge in [-0.2, -0.15) is 0 Å². The van der Waals surface area contributed by atoms with Gasteiger partial charge in [0, 0.05) is 10.7 Å². The molecular formula is C7H4BrN3O2. The SMILES string of the molecule is O=[N+]([O-])C1=c2ncc(Br)cc2=NC1. The average Bonchev–Trinajstić information content (AvgIpc) is 2.46. The van der Waals surface area contributed by atoms with Crippen LogP contribution in [-0.2, 0) is 0 Å². The molecule has 66 valence electrons. The van der Waals surface area contributed by atoms with E-state index in [1.807, 2.05) is 0 Å². The van der Waals surface area contributed by atoms with E-state index in [1.165, 1.54) is 6.20 Å². The van der Waals surface area contributed by atoms with Crippen molar-refractivity contribution >= 4 is 21.6 Å². The molecule has 13 heavy (non-hydrogen) atoms. The number of hydrogen-bond donors (Lipinski definition) is 0. The second-order valence-corrected chi connectivity index (χ2v) is 3.46. The lowest BCUT2D eigenvalue weighted by molar-refractivity contribution is -0.380. The topological polar surface area (TPSA) is 68.4 Å². The van der Waals surface area contributed by atoms with Gasteiger partial charge in [-0.15, -0.1) is 0 Å². The normalized spacial score (nSPS) is 13.8. The number of nitrogens with zero attached hydrogens (tertiary/aromatic N) is 3. The highest BCUT2D eigenvalue weighted by Gasteiger charge is 2.18. The lowest BCUT2D eigenvalue weighted by Gasteiger charge is -1.87. The summed E-state index contributed by atoms with van der Waals surface area (Å²) in [4.78, 5) is 18.0. The minimum absolute atomic E-state index is 0.0718. The molecule has 2 rings (SSSR count). The molecular weight excluding hydrogens is 238 g/mol. The maximum Gasteiger partial charge on any atom is 0.295 e. The minimum Gasteiger partial charge on any atom is -0.271 e. The molecule has 1 aliphatic heterocycles. The van der Waals surface area contributed by atoms with Crippen LogP contribution in [0.3, 0.4) is 0 Å². The molecule has 5 nitrogen and oxygen atoms in total. The third-order valence-corrected chi connectivity index (χ3v) is 2.16. The summed E-state index contributed by atoms with van der Waals surface area (Å²) in [6.07, 6.45) is 1.53. The Morgan fingerprint density at radius 1 is 1.62 bits per heavy atom. The molecule has 0 aliphatic carbocycles. The van der Waals surface area contributed by atoms with Gasteiger partial charge in [-0.1, -0.05) is 0 Å². The summed E-state index contributed by atoms with van der Waals surface area (Å²) < 4.78 is 0.777. The molecule has 1 aromatic heterocycles. The standard InChI is InChI=1S/C7H4BrN3O2/c8-4-1-5-7(10-2-4)6(3-9-5)11(12)13/h1-2H,3H2. The number of halogens is 1. The van der Waals surface area contributed by atoms with Crippen molar-refractivity contribution in [1.29, 1.82) is 0 Å². The van der Waals surface area contributed by atoms with E-state index in [0.29, 0.717) is 10.7 Å². The van der Waals surface area contributed by atoms with E-state index in [-0.39, 0.29) is 12.2 Å². The number of pyridine rings is 1. The fourth-order valence-electron chi connectivity index (χ4n) is 1.15. The molecule has 0 aromatic carbocycles. The number of hydrogen-bond acceptors (Lipinski definition) is 4. The summed E-state index contributed by atoms with van der Waals surface area (Å²) in [6, 6.07) is 1.72. The zero-order chi connectivity index (χ0) is 9.42. The van der Waals surface area contributed by atoms with Gasteiger partial charge >= 0.3 is 0 Å². The van der Waals surface area contributed by atoms with Gasteiger partial charge in [0.1, 0.15) is 6.54 Å². The predicted molar refractivity (Wildman–Crippen MR) is 48.0 cm³/mol. The predicted octanol–water partition coefficient (Wildman–Crippen LogP) is -0.138. The van der Waals surface area contributed by atoms with Gasteiger partial charge in [-0.05, 0) is 22.0 Å². The van der Waals surface area contributed by atoms with Gasteiger partial charge < -0.3 is 0 Å². The summed E-state index contributed by atoms with van der Waals surface area (Å²) in [7, 11) is 0. The van der Waals surface area contributed by atoms with Crippen LogP contribution in [-0.4, -0.2) is 16.5 Å². The summed E-state index contributed by atoms with van der Waals surface area (Å²) in [5.74, 6) is 0. The summed E-state index contributed by atoms with van der Waals surface area (Å²) in [5.41, 5.74) is 0.0718. The maximum atomic E-state index is 10.5. The van der Waals surface area contributed by atoms with E-state index in [4.69, 9.17) is 0 Å². The fourth-order valence-corrected chi connectivity index (χ4v) is 1.47. The van der Waals surface area contributed by atoms with E-state index >= 15 is 0 Å². The monoisotopic (exact) mass is 241 g/mol. The van der Waals surface area contributed by atoms with Crippen molar-refractivity contribution < 1.29 is 4.92 Å². The highest BCUT2D eigenvalue weighted by molar-refractivity contribution is 9.10. The van der Waals surface area contributed by atoms with Crippen LogP contribution >= 0.6 is 15.9 Å². The Labute approximate surface area is 81.1 Å². The Bertz CT molecular complexity index is 497. The van der Waals surface area contributed by atoms with Crippen molar-refractivity contribution in [1.82, 2.24) is 4.98 Å². The van der Waals surface area contributed by atoms with Crippen molar-refractivity contribution in [2.45, 2.75) is 0 Å². The summed E-state index contributed by atoms with van der Waals surface area (Å²) in [6.45, 7) is 0.117. The van der Waals surface area contributed by atoms with Crippen LogP contribution in [0.25, 0.3) is 5.70 Å². The lowest BCUT2D eigenvalue weighted by atomic mass is 10.4. The molecule has 0 saturated heterocycles. The van der Waals surface area contributed by atoms with Crippen LogP contribution in [0.15, 0.2) is 21.7 Å². The van der Waals surface area contributed by atoms with Crippen LogP contribution in [0.1, 0.15) is 0 Å². The van der Waals surface area contributed by atoms with Gasteiger partial charge in [0.15, 0.2) is 5.35 Å². The molecule has 0 saturated carbocycles. The van der Waals surface area contributed by atoms with Crippen molar-refractivity contribution in [3.05, 3.63) is 37.6 Å². The van der Waals surface area contributed by atoms with E-state index < -0.39 is 4.92 Å². The lowest BCUT2D eigenvalue weighted by Crippen LogP contribution is -2.28. The van der Waals surface area contributed by atoms with Crippen molar-refractivity contribution in [2.75, 3.05) is 6.54 Å². The molecule has 1 aromatic rings. The van der Waals surface area contributed by atoms with E-state index in [1.54, 1.807) is 6.07 Å². The molecule has 0 spiro atoms. The molecule has 1 aliphatic rings. The molecule has 0 bridgehead atoms. The Hall–Kier alpha value is -1.30. The van der Waals surface area contributed by atoms with Crippen molar-refractivity contribution in [2.24, 2.45) is 4.99 Å². The van der Waals surface area contributed by atoms with Crippen LogP contribution in [0.5, 0.6) is 0 Å². The fraction of sp³-hybridized carbons (Fsp3) is 0.143. The zero-order valence-corrected chi connectivity index (χ0v) is 7.98. The van der Waals surface area contributed by atoms with Crippen LogP contribution in [0.4, 0.5) is 0 Å². The summed E-state index contributed by atoms with van der Waals surface area (Å²) in [5, 5.41) is 11.5. The minimum atomic E-state index is -0.434. The zero-order valence-electron chi connectivity index (χ0n) is 6.40. The average molecular weight is 242 g/mol. The molecule has 0 amide bonds. The smallest absolute Gasteiger partial charge is 0.271 e. The third-order valence-electron chi connectivity index (χ3n) is 1.73. The number of aromatic nitrogens is 1. The van der Waals surface area contributed by atoms with E-state index in [2.05, 4.69) is 25.9 Å². The van der Waals surface area contributed by atoms with Gasteiger partial charge in [-0.25, -0.2) is 4.98 Å². The number of rotatable bonds is 1. The second-order valence-electron chi connectivity index (χ2n) is 2.54. The van der Waals surface area contributed by atoms with Gasteiger partial charge in [0.2, 0.25) is 0 Å². The van der Waals surface area contributed by atoms with Crippen LogP contribution in [0, 0.1) is 10.1 Å². The van der Waals surface area contributed by atoms with Crippen LogP contribution in [0.2, 0.25) is 0 Å². The molecule has 0 atom stereocenters. The van der Waals surface area contributed by atoms with Gasteiger partial charge in [-0.3, -0.25) is 15.1 Å². The number of nitro groups is 1. The first-order valence-electron chi connectivity index (χ1n) is 3.52. The highest BCUT2D eigenvalue weighted by atomic mass is 79.9. The number of fused-ring (bicyclic) bond motifs is 1. The van der Waals surface area contributed by atoms with Crippen molar-refractivity contribution in [3.63, 3.8) is 0 Å². The first-order valence-corrected chi connectivity index (χ1v) is 4.31. The van der Waals surface area contributed by atoms with Gasteiger partial charge in [0.25, 0.3) is 5.70 Å². The Morgan fingerprint density at radius 3 is 3.08 bits per heavy atom. The van der Waals surface area contributed by atoms with E-state index in [0.717, 1.165) is 4.47 Å². The second kappa shape index (κ2) is 2.88. The van der Waals surface area contributed by atoms with Crippen LogP contribution < -0.4 is 10.7 Å². The Morgan fingerprint density at radius 2 is 2.38 bits per heavy atom. The molecule has 0 unspecified atom stereocenters. The molecule has 0 fully saturated rings. The van der Waals surface area contributed by atoms with E-state index in [9.17, 15) is 10.1 Å². The highest BCUT2D eigenvalue weighted by Crippen LogP contribution is 2.03. The Balaban J connectivity index is 2.79. The first kappa shape index (κ1) is 8.31. The Kier molecular flexibility index (Phi) is 1.84. The summed E-state index contributed by atoms with van der Waals surface area (Å²) >= 11 is 3.22. The molecule has 2 heterocycles. The quantitative estimate of drug-likeness (QED) is 0.508. The maximum absolute atomic E-state index is 10.5. The van der Waals surface area contributed by atoms with Gasteiger partial charge in [0.05, 0.1) is 10.3 Å². The molecule has 0 N–H and O–H groups in total. The largest absolute Gasteiger partial charge is 0.295 e. The third kappa shape index (κ3) is 1.33. The molecule has 0 radical (unpaired) electrons. The molecule has 6 heteroatoms. The first-order chi connectivity index (χ1) is 6.18. The van der Waals surface area contributed by atoms with Crippen molar-refractivity contribution in [3.8, 4) is 0 Å².